The number of aliphatic hydroxyl groups is 1. The molecule has 1 amide bonds. The lowest BCUT2D eigenvalue weighted by Crippen LogP contribution is -2.46. The number of benzene rings is 1. The number of aliphatic hydroxyl groups excluding tert-OH is 1. The Labute approximate surface area is 137 Å². The second-order valence-corrected chi connectivity index (χ2v) is 6.50. The van der Waals surface area contributed by atoms with Crippen LogP contribution >= 0.6 is 12.2 Å². The molecule has 5 heteroatoms. The Hall–Kier alpha value is -1.46. The highest BCUT2D eigenvalue weighted by molar-refractivity contribution is 7.80. The van der Waals surface area contributed by atoms with Crippen molar-refractivity contribution >= 4 is 23.3 Å². The summed E-state index contributed by atoms with van der Waals surface area (Å²) in [6, 6.07) is 9.85. The molecule has 4 nitrogen and oxygen atoms in total. The molecule has 1 heterocycles. The summed E-state index contributed by atoms with van der Waals surface area (Å²) >= 11 is 5.18. The van der Waals surface area contributed by atoms with Gasteiger partial charge in [0.05, 0.1) is 18.1 Å². The van der Waals surface area contributed by atoms with Crippen molar-refractivity contribution in [2.24, 2.45) is 11.8 Å². The lowest BCUT2D eigenvalue weighted by molar-refractivity contribution is -0.136. The first-order valence-corrected chi connectivity index (χ1v) is 8.04. The van der Waals surface area contributed by atoms with E-state index in [4.69, 9.17) is 17.0 Å². The number of thiocarbonyl (C=S) groups is 1. The van der Waals surface area contributed by atoms with Crippen LogP contribution in [-0.4, -0.2) is 39.8 Å². The second-order valence-electron chi connectivity index (χ2n) is 6.15. The third kappa shape index (κ3) is 3.65. The highest BCUT2D eigenvalue weighted by Crippen LogP contribution is 2.23. The standard InChI is InChI=1S/C17H23NO3S/c1-11(2)15(19)12(3)16(20)18-14(10-21-17(18)22)9-13-7-5-4-6-8-13/h4-8,11-12,14-15,19H,9-10H2,1-3H3/t12-,14+,15-/m1/s1. The van der Waals surface area contributed by atoms with Gasteiger partial charge in [-0.25, -0.2) is 0 Å². The molecule has 1 N–H and O–H groups in total. The average molecular weight is 321 g/mol. The maximum Gasteiger partial charge on any atom is 0.266 e. The number of carbonyl (C=O) groups excluding carboxylic acids is 1. The molecule has 0 bridgehead atoms. The van der Waals surface area contributed by atoms with E-state index < -0.39 is 12.0 Å². The summed E-state index contributed by atoms with van der Waals surface area (Å²) in [7, 11) is 0. The van der Waals surface area contributed by atoms with Crippen molar-refractivity contribution in [3.8, 4) is 0 Å². The fourth-order valence-corrected chi connectivity index (χ4v) is 3.02. The first kappa shape index (κ1) is 16.9. The Balaban J connectivity index is 2.12. The Morgan fingerprint density at radius 1 is 1.36 bits per heavy atom. The highest BCUT2D eigenvalue weighted by Gasteiger charge is 2.39. The van der Waals surface area contributed by atoms with E-state index in [2.05, 4.69) is 0 Å². The molecule has 1 aromatic rings. The van der Waals surface area contributed by atoms with Gasteiger partial charge in [0, 0.05) is 0 Å². The zero-order valence-corrected chi connectivity index (χ0v) is 14.0. The van der Waals surface area contributed by atoms with E-state index >= 15 is 0 Å². The molecule has 2 rings (SSSR count). The Kier molecular flexibility index (Phi) is 5.53. The van der Waals surface area contributed by atoms with Crippen molar-refractivity contribution in [3.63, 3.8) is 0 Å². The van der Waals surface area contributed by atoms with Gasteiger partial charge in [0.1, 0.15) is 6.61 Å². The quantitative estimate of drug-likeness (QED) is 0.846. The number of hydrogen-bond acceptors (Lipinski definition) is 4. The van der Waals surface area contributed by atoms with Gasteiger partial charge in [0.2, 0.25) is 5.91 Å². The van der Waals surface area contributed by atoms with Gasteiger partial charge in [-0.05, 0) is 30.1 Å². The predicted octanol–water partition coefficient (Wildman–Crippen LogP) is 2.39. The van der Waals surface area contributed by atoms with Crippen LogP contribution in [0.1, 0.15) is 26.3 Å². The van der Waals surface area contributed by atoms with Gasteiger partial charge in [-0.2, -0.15) is 0 Å². The molecular weight excluding hydrogens is 298 g/mol. The van der Waals surface area contributed by atoms with Crippen molar-refractivity contribution in [1.29, 1.82) is 0 Å². The third-order valence-corrected chi connectivity index (χ3v) is 4.41. The molecular formula is C17H23NO3S. The number of carbonyl (C=O) groups is 1. The zero-order valence-electron chi connectivity index (χ0n) is 13.2. The van der Waals surface area contributed by atoms with Gasteiger partial charge in [-0.3, -0.25) is 9.69 Å². The fourth-order valence-electron chi connectivity index (χ4n) is 2.71. The van der Waals surface area contributed by atoms with Crippen LogP contribution < -0.4 is 0 Å². The first-order valence-electron chi connectivity index (χ1n) is 7.63. The average Bonchev–Trinajstić information content (AvgIpc) is 2.86. The highest BCUT2D eigenvalue weighted by atomic mass is 32.1. The van der Waals surface area contributed by atoms with E-state index in [0.29, 0.717) is 13.0 Å². The summed E-state index contributed by atoms with van der Waals surface area (Å²) in [6.45, 7) is 5.95. The Morgan fingerprint density at radius 3 is 2.59 bits per heavy atom. The molecule has 1 saturated heterocycles. The van der Waals surface area contributed by atoms with E-state index in [-0.39, 0.29) is 23.0 Å². The monoisotopic (exact) mass is 321 g/mol. The van der Waals surface area contributed by atoms with Crippen LogP contribution in [0.3, 0.4) is 0 Å². The number of hydrogen-bond donors (Lipinski definition) is 1. The smallest absolute Gasteiger partial charge is 0.266 e. The van der Waals surface area contributed by atoms with E-state index in [1.807, 2.05) is 44.2 Å². The van der Waals surface area contributed by atoms with E-state index in [1.54, 1.807) is 11.8 Å². The van der Waals surface area contributed by atoms with Crippen LogP contribution in [0.4, 0.5) is 0 Å². The van der Waals surface area contributed by atoms with Gasteiger partial charge in [0.15, 0.2) is 0 Å². The van der Waals surface area contributed by atoms with Crippen LogP contribution in [0.5, 0.6) is 0 Å². The number of amides is 1. The summed E-state index contributed by atoms with van der Waals surface area (Å²) in [5, 5.41) is 10.4. The fraction of sp³-hybridized carbons (Fsp3) is 0.529. The number of rotatable bonds is 5. The summed E-state index contributed by atoms with van der Waals surface area (Å²) in [5.41, 5.74) is 1.13. The first-order chi connectivity index (χ1) is 10.4. The summed E-state index contributed by atoms with van der Waals surface area (Å²) in [4.78, 5) is 14.2. The molecule has 0 spiro atoms. The van der Waals surface area contributed by atoms with E-state index in [1.165, 1.54) is 0 Å². The maximum absolute atomic E-state index is 12.7. The van der Waals surface area contributed by atoms with E-state index in [9.17, 15) is 9.90 Å². The molecule has 1 aliphatic rings. The summed E-state index contributed by atoms with van der Waals surface area (Å²) < 4.78 is 5.42. The topological polar surface area (TPSA) is 49.8 Å². The van der Waals surface area contributed by atoms with Crippen molar-refractivity contribution in [1.82, 2.24) is 4.90 Å². The molecule has 0 aromatic heterocycles. The number of nitrogens with zero attached hydrogens (tertiary/aromatic N) is 1. The molecule has 0 saturated carbocycles. The maximum atomic E-state index is 12.7. The minimum atomic E-state index is -0.687. The van der Waals surface area contributed by atoms with Crippen LogP contribution in [0.2, 0.25) is 0 Å². The summed E-state index contributed by atoms with van der Waals surface area (Å²) in [6.07, 6.45) is 0.00490. The Bertz CT molecular complexity index is 532. The Morgan fingerprint density at radius 2 is 2.00 bits per heavy atom. The van der Waals surface area contributed by atoms with Crippen LogP contribution in [0.25, 0.3) is 0 Å². The zero-order chi connectivity index (χ0) is 16.3. The van der Waals surface area contributed by atoms with E-state index in [0.717, 1.165) is 5.56 Å². The van der Waals surface area contributed by atoms with Gasteiger partial charge in [-0.15, -0.1) is 0 Å². The third-order valence-electron chi connectivity index (χ3n) is 4.10. The SMILES string of the molecule is CC(C)[C@@H](O)[C@@H](C)C(=O)N1C(=S)OC[C@@H]1Cc1ccccc1. The largest absolute Gasteiger partial charge is 0.468 e. The van der Waals surface area contributed by atoms with Crippen LogP contribution in [-0.2, 0) is 16.0 Å². The van der Waals surface area contributed by atoms with Gasteiger partial charge in [-0.1, -0.05) is 51.1 Å². The van der Waals surface area contributed by atoms with Crippen LogP contribution in [0.15, 0.2) is 30.3 Å². The lowest BCUT2D eigenvalue weighted by atomic mass is 9.93. The molecule has 1 fully saturated rings. The minimum absolute atomic E-state index is 0.0172. The molecule has 0 radical (unpaired) electrons. The van der Waals surface area contributed by atoms with Crippen molar-refractivity contribution < 1.29 is 14.6 Å². The van der Waals surface area contributed by atoms with Gasteiger partial charge in [0.25, 0.3) is 5.17 Å². The van der Waals surface area contributed by atoms with Crippen molar-refractivity contribution in [3.05, 3.63) is 35.9 Å². The van der Waals surface area contributed by atoms with Crippen molar-refractivity contribution in [2.75, 3.05) is 6.61 Å². The molecule has 0 unspecified atom stereocenters. The van der Waals surface area contributed by atoms with Gasteiger partial charge < -0.3 is 9.84 Å². The second kappa shape index (κ2) is 7.20. The molecule has 0 aliphatic carbocycles. The van der Waals surface area contributed by atoms with Crippen molar-refractivity contribution in [2.45, 2.75) is 39.3 Å². The minimum Gasteiger partial charge on any atom is -0.468 e. The molecule has 120 valence electrons. The van der Waals surface area contributed by atoms with Gasteiger partial charge >= 0.3 is 0 Å². The number of ether oxygens (including phenoxy) is 1. The lowest BCUT2D eigenvalue weighted by Gasteiger charge is -2.28. The molecule has 1 aliphatic heterocycles. The predicted molar refractivity (Wildman–Crippen MR) is 89.3 cm³/mol. The summed E-state index contributed by atoms with van der Waals surface area (Å²) in [5.74, 6) is -0.647. The molecule has 3 atom stereocenters. The molecule has 22 heavy (non-hydrogen) atoms. The molecule has 1 aromatic carbocycles. The van der Waals surface area contributed by atoms with Crippen LogP contribution in [0, 0.1) is 11.8 Å². The normalized spacial score (nSPS) is 20.9.